The summed E-state index contributed by atoms with van der Waals surface area (Å²) in [6, 6.07) is 5.78. The molecule has 1 aliphatic rings. The molecule has 1 fully saturated rings. The van der Waals surface area contributed by atoms with Crippen LogP contribution in [0.1, 0.15) is 38.7 Å². The Bertz CT molecular complexity index is 493. The molecule has 0 bridgehead atoms. The molecule has 1 saturated heterocycles. The fourth-order valence-electron chi connectivity index (χ4n) is 2.80. The van der Waals surface area contributed by atoms with Crippen molar-refractivity contribution in [1.82, 2.24) is 0 Å². The van der Waals surface area contributed by atoms with Gasteiger partial charge in [0, 0.05) is 24.5 Å². The minimum Gasteiger partial charge on any atom is -0.372 e. The van der Waals surface area contributed by atoms with Gasteiger partial charge in [-0.2, -0.15) is 0 Å². The van der Waals surface area contributed by atoms with E-state index >= 15 is 0 Å². The highest BCUT2D eigenvalue weighted by molar-refractivity contribution is 5.95. The van der Waals surface area contributed by atoms with Crippen LogP contribution >= 0.6 is 0 Å². The van der Waals surface area contributed by atoms with Crippen LogP contribution in [0.5, 0.6) is 0 Å². The summed E-state index contributed by atoms with van der Waals surface area (Å²) in [7, 11) is 0. The SMILES string of the molecule is Cc1cc(N2CCCC2)ccc1NC(=O)C(N)CC(C)C. The van der Waals surface area contributed by atoms with Crippen molar-refractivity contribution in [3.63, 3.8) is 0 Å². The summed E-state index contributed by atoms with van der Waals surface area (Å²) < 4.78 is 0. The number of anilines is 2. The summed E-state index contributed by atoms with van der Waals surface area (Å²) in [6.07, 6.45) is 3.24. The minimum absolute atomic E-state index is 0.0966. The monoisotopic (exact) mass is 289 g/mol. The molecule has 1 amide bonds. The molecule has 1 atom stereocenters. The van der Waals surface area contributed by atoms with E-state index in [1.807, 2.05) is 13.0 Å². The van der Waals surface area contributed by atoms with Gasteiger partial charge in [0.15, 0.2) is 0 Å². The topological polar surface area (TPSA) is 58.4 Å². The quantitative estimate of drug-likeness (QED) is 0.876. The van der Waals surface area contributed by atoms with E-state index in [0.29, 0.717) is 12.3 Å². The molecule has 0 aliphatic carbocycles. The Kier molecular flexibility index (Phi) is 5.23. The summed E-state index contributed by atoms with van der Waals surface area (Å²) in [5.74, 6) is 0.324. The maximum Gasteiger partial charge on any atom is 0.241 e. The van der Waals surface area contributed by atoms with E-state index in [0.717, 1.165) is 24.3 Å². The molecule has 0 aromatic heterocycles. The highest BCUT2D eigenvalue weighted by Gasteiger charge is 2.17. The van der Waals surface area contributed by atoms with Crippen molar-refractivity contribution in [3.8, 4) is 0 Å². The second kappa shape index (κ2) is 6.94. The largest absolute Gasteiger partial charge is 0.372 e. The number of rotatable bonds is 5. The average molecular weight is 289 g/mol. The maximum absolute atomic E-state index is 12.1. The molecule has 1 aromatic carbocycles. The Labute approximate surface area is 127 Å². The van der Waals surface area contributed by atoms with Gasteiger partial charge < -0.3 is 16.0 Å². The third-order valence-corrected chi connectivity index (χ3v) is 4.00. The number of nitrogens with zero attached hydrogens (tertiary/aromatic N) is 1. The molecule has 4 nitrogen and oxygen atoms in total. The number of benzene rings is 1. The zero-order chi connectivity index (χ0) is 15.4. The first-order valence-electron chi connectivity index (χ1n) is 7.89. The standard InChI is InChI=1S/C17H27N3O/c1-12(2)10-15(18)17(21)19-16-7-6-14(11-13(16)3)20-8-4-5-9-20/h6-7,11-12,15H,4-5,8-10,18H2,1-3H3,(H,19,21). The van der Waals surface area contributed by atoms with E-state index < -0.39 is 6.04 Å². The number of carbonyl (C=O) groups is 1. The van der Waals surface area contributed by atoms with Crippen molar-refractivity contribution in [2.75, 3.05) is 23.3 Å². The molecule has 3 N–H and O–H groups in total. The lowest BCUT2D eigenvalue weighted by atomic mass is 10.0. The molecule has 1 aliphatic heterocycles. The van der Waals surface area contributed by atoms with Crippen molar-refractivity contribution in [2.24, 2.45) is 11.7 Å². The lowest BCUT2D eigenvalue weighted by Gasteiger charge is -2.20. The van der Waals surface area contributed by atoms with E-state index in [4.69, 9.17) is 5.73 Å². The Hall–Kier alpha value is -1.55. The Balaban J connectivity index is 2.02. The van der Waals surface area contributed by atoms with Crippen molar-refractivity contribution in [2.45, 2.75) is 46.1 Å². The second-order valence-electron chi connectivity index (χ2n) is 6.42. The summed E-state index contributed by atoms with van der Waals surface area (Å²) in [6.45, 7) is 8.43. The van der Waals surface area contributed by atoms with Crippen LogP contribution < -0.4 is 16.0 Å². The van der Waals surface area contributed by atoms with Gasteiger partial charge in [-0.05, 0) is 55.9 Å². The molecule has 1 heterocycles. The Morgan fingerprint density at radius 1 is 1.33 bits per heavy atom. The summed E-state index contributed by atoms with van der Waals surface area (Å²) in [4.78, 5) is 14.5. The maximum atomic E-state index is 12.1. The number of amides is 1. The molecule has 1 unspecified atom stereocenters. The van der Waals surface area contributed by atoms with E-state index in [2.05, 4.69) is 36.2 Å². The number of carbonyl (C=O) groups excluding carboxylic acids is 1. The van der Waals surface area contributed by atoms with Crippen LogP contribution in [0.3, 0.4) is 0 Å². The first kappa shape index (κ1) is 15.8. The van der Waals surface area contributed by atoms with Gasteiger partial charge in [0.05, 0.1) is 6.04 Å². The first-order chi connectivity index (χ1) is 9.97. The number of aryl methyl sites for hydroxylation is 1. The zero-order valence-electron chi connectivity index (χ0n) is 13.4. The van der Waals surface area contributed by atoms with Gasteiger partial charge in [-0.3, -0.25) is 4.79 Å². The molecule has 0 radical (unpaired) electrons. The molecule has 0 saturated carbocycles. The summed E-state index contributed by atoms with van der Waals surface area (Å²) >= 11 is 0. The molecular formula is C17H27N3O. The van der Waals surface area contributed by atoms with Crippen LogP contribution in [0.4, 0.5) is 11.4 Å². The first-order valence-corrected chi connectivity index (χ1v) is 7.89. The zero-order valence-corrected chi connectivity index (χ0v) is 13.4. The highest BCUT2D eigenvalue weighted by Crippen LogP contribution is 2.25. The summed E-state index contributed by atoms with van der Waals surface area (Å²) in [5, 5.41) is 2.95. The fourth-order valence-corrected chi connectivity index (χ4v) is 2.80. The number of hydrogen-bond donors (Lipinski definition) is 2. The molecule has 1 aromatic rings. The van der Waals surface area contributed by atoms with E-state index in [1.54, 1.807) is 0 Å². The third-order valence-electron chi connectivity index (χ3n) is 4.00. The number of nitrogens with one attached hydrogen (secondary N) is 1. The second-order valence-corrected chi connectivity index (χ2v) is 6.42. The number of hydrogen-bond acceptors (Lipinski definition) is 3. The van der Waals surface area contributed by atoms with Crippen LogP contribution in [-0.4, -0.2) is 25.0 Å². The van der Waals surface area contributed by atoms with Crippen molar-refractivity contribution in [1.29, 1.82) is 0 Å². The van der Waals surface area contributed by atoms with Gasteiger partial charge in [0.25, 0.3) is 0 Å². The van der Waals surface area contributed by atoms with Gasteiger partial charge in [0.2, 0.25) is 5.91 Å². The van der Waals surface area contributed by atoms with Crippen LogP contribution in [0, 0.1) is 12.8 Å². The van der Waals surface area contributed by atoms with Crippen LogP contribution in [0.2, 0.25) is 0 Å². The van der Waals surface area contributed by atoms with Gasteiger partial charge in [0.1, 0.15) is 0 Å². The van der Waals surface area contributed by atoms with Crippen molar-refractivity contribution < 1.29 is 4.79 Å². The minimum atomic E-state index is -0.442. The molecular weight excluding hydrogens is 262 g/mol. The van der Waals surface area contributed by atoms with Gasteiger partial charge in [-0.15, -0.1) is 0 Å². The van der Waals surface area contributed by atoms with E-state index in [9.17, 15) is 4.79 Å². The third kappa shape index (κ3) is 4.21. The summed E-state index contributed by atoms with van der Waals surface area (Å²) in [5.41, 5.74) is 9.12. The predicted molar refractivity (Wildman–Crippen MR) is 88.7 cm³/mol. The molecule has 2 rings (SSSR count). The average Bonchev–Trinajstić information content (AvgIpc) is 2.94. The van der Waals surface area contributed by atoms with Gasteiger partial charge in [-0.25, -0.2) is 0 Å². The fraction of sp³-hybridized carbons (Fsp3) is 0.588. The molecule has 0 spiro atoms. The van der Waals surface area contributed by atoms with Crippen LogP contribution in [0.25, 0.3) is 0 Å². The van der Waals surface area contributed by atoms with Crippen molar-refractivity contribution in [3.05, 3.63) is 23.8 Å². The lowest BCUT2D eigenvalue weighted by Crippen LogP contribution is -2.36. The molecule has 116 valence electrons. The van der Waals surface area contributed by atoms with E-state index in [-0.39, 0.29) is 5.91 Å². The Morgan fingerprint density at radius 2 is 2.00 bits per heavy atom. The Morgan fingerprint density at radius 3 is 2.57 bits per heavy atom. The van der Waals surface area contributed by atoms with Gasteiger partial charge >= 0.3 is 0 Å². The lowest BCUT2D eigenvalue weighted by molar-refractivity contribution is -0.117. The normalized spacial score (nSPS) is 16.3. The van der Waals surface area contributed by atoms with Gasteiger partial charge in [-0.1, -0.05) is 13.8 Å². The predicted octanol–water partition coefficient (Wildman–Crippen LogP) is 2.91. The van der Waals surface area contributed by atoms with Crippen molar-refractivity contribution >= 4 is 17.3 Å². The van der Waals surface area contributed by atoms with Crippen LogP contribution in [0.15, 0.2) is 18.2 Å². The molecule has 21 heavy (non-hydrogen) atoms. The van der Waals surface area contributed by atoms with Crippen LogP contribution in [-0.2, 0) is 4.79 Å². The molecule has 4 heteroatoms. The highest BCUT2D eigenvalue weighted by atomic mass is 16.2. The van der Waals surface area contributed by atoms with E-state index in [1.165, 1.54) is 18.5 Å². The smallest absolute Gasteiger partial charge is 0.241 e. The number of nitrogens with two attached hydrogens (primary N) is 1.